The van der Waals surface area contributed by atoms with E-state index in [0.29, 0.717) is 0 Å². The predicted octanol–water partition coefficient (Wildman–Crippen LogP) is 1.53. The number of hydrogen-bond donors (Lipinski definition) is 1. The van der Waals surface area contributed by atoms with Gasteiger partial charge in [-0.15, -0.1) is 0 Å². The van der Waals surface area contributed by atoms with Crippen LogP contribution >= 0.6 is 0 Å². The second kappa shape index (κ2) is 3.67. The van der Waals surface area contributed by atoms with E-state index in [1.54, 1.807) is 0 Å². The smallest absolute Gasteiger partial charge is 0.333 e. The van der Waals surface area contributed by atoms with Crippen molar-refractivity contribution in [3.05, 3.63) is 23.2 Å². The van der Waals surface area contributed by atoms with Crippen molar-refractivity contribution in [1.82, 2.24) is 0 Å². The van der Waals surface area contributed by atoms with Crippen molar-refractivity contribution in [3.63, 3.8) is 0 Å². The molecule has 0 aliphatic rings. The topological polar surface area (TPSA) is 41.7 Å². The lowest BCUT2D eigenvalue weighted by Crippen LogP contribution is -1.97. The van der Waals surface area contributed by atoms with Crippen LogP contribution in [-0.4, -0.2) is 11.1 Å². The van der Waals surface area contributed by atoms with Gasteiger partial charge in [-0.25, -0.2) is 4.85 Å². The molecule has 10 heavy (non-hydrogen) atoms. The third-order valence-electron chi connectivity index (χ3n) is 0.831. The highest BCUT2D eigenvalue weighted by molar-refractivity contribution is 5.88. The third-order valence-corrected chi connectivity index (χ3v) is 0.831. The molecule has 0 aliphatic carbocycles. The molecule has 0 unspecified atom stereocenters. The van der Waals surface area contributed by atoms with Crippen molar-refractivity contribution < 1.29 is 9.90 Å². The summed E-state index contributed by atoms with van der Waals surface area (Å²) < 4.78 is 0. The molecule has 0 aromatic carbocycles. The molecule has 0 saturated carbocycles. The van der Waals surface area contributed by atoms with Gasteiger partial charge in [0.25, 0.3) is 5.70 Å². The number of carboxylic acids is 1. The summed E-state index contributed by atoms with van der Waals surface area (Å²) in [6.45, 7) is 10.1. The number of allylic oxidation sites excluding steroid dienone is 1. The minimum atomic E-state index is -1.15. The molecule has 0 heterocycles. The first-order chi connectivity index (χ1) is 4.57. The van der Waals surface area contributed by atoms with Crippen LogP contribution in [0.25, 0.3) is 4.85 Å². The molecule has 0 radical (unpaired) electrons. The molecular weight excluding hydrogens is 130 g/mol. The van der Waals surface area contributed by atoms with Gasteiger partial charge in [0.1, 0.15) is 0 Å². The van der Waals surface area contributed by atoms with Crippen molar-refractivity contribution in [2.45, 2.75) is 13.8 Å². The molecule has 0 bridgehead atoms. The maximum absolute atomic E-state index is 10.2. The second-order valence-corrected chi connectivity index (χ2v) is 2.21. The van der Waals surface area contributed by atoms with Crippen LogP contribution in [-0.2, 0) is 4.79 Å². The van der Waals surface area contributed by atoms with Gasteiger partial charge in [-0.1, -0.05) is 19.9 Å². The Morgan fingerprint density at radius 3 is 2.30 bits per heavy atom. The maximum atomic E-state index is 10.2. The fourth-order valence-electron chi connectivity index (χ4n) is 0.472. The van der Waals surface area contributed by atoms with Crippen molar-refractivity contribution >= 4 is 5.97 Å². The Morgan fingerprint density at radius 2 is 2.20 bits per heavy atom. The Kier molecular flexibility index (Phi) is 3.20. The molecule has 3 nitrogen and oxygen atoms in total. The molecule has 1 N–H and O–H groups in total. The van der Waals surface area contributed by atoms with Crippen molar-refractivity contribution in [3.8, 4) is 0 Å². The zero-order chi connectivity index (χ0) is 8.15. The molecule has 0 aliphatic heterocycles. The van der Waals surface area contributed by atoms with E-state index >= 15 is 0 Å². The summed E-state index contributed by atoms with van der Waals surface area (Å²) in [5, 5.41) is 8.34. The van der Waals surface area contributed by atoms with E-state index in [9.17, 15) is 4.79 Å². The first-order valence-corrected chi connectivity index (χ1v) is 2.90. The first-order valence-electron chi connectivity index (χ1n) is 2.90. The van der Waals surface area contributed by atoms with Gasteiger partial charge in [-0.2, -0.15) is 0 Å². The van der Waals surface area contributed by atoms with Gasteiger partial charge in [0.15, 0.2) is 0 Å². The molecule has 0 aromatic heterocycles. The van der Waals surface area contributed by atoms with Crippen LogP contribution in [0.5, 0.6) is 0 Å². The number of carbonyl (C=O) groups is 1. The standard InChI is InChI=1S/C7H9NO2/c1-5(2)4-6(8-3)7(9)10/h4-5H,1-2H3,(H,9,10)/b6-4-. The maximum Gasteiger partial charge on any atom is 0.333 e. The zero-order valence-corrected chi connectivity index (χ0v) is 5.96. The number of nitrogens with zero attached hydrogens (tertiary/aromatic N) is 1. The summed E-state index contributed by atoms with van der Waals surface area (Å²) in [7, 11) is 0. The van der Waals surface area contributed by atoms with E-state index < -0.39 is 5.97 Å². The van der Waals surface area contributed by atoms with E-state index in [2.05, 4.69) is 4.85 Å². The van der Waals surface area contributed by atoms with Crippen molar-refractivity contribution in [1.29, 1.82) is 0 Å². The van der Waals surface area contributed by atoms with Crippen LogP contribution in [0.15, 0.2) is 11.8 Å². The van der Waals surface area contributed by atoms with Crippen molar-refractivity contribution in [2.24, 2.45) is 5.92 Å². The van der Waals surface area contributed by atoms with Gasteiger partial charge in [-0.3, -0.25) is 4.79 Å². The molecule has 54 valence electrons. The highest BCUT2D eigenvalue weighted by Crippen LogP contribution is 2.03. The summed E-state index contributed by atoms with van der Waals surface area (Å²) >= 11 is 0. The lowest BCUT2D eigenvalue weighted by molar-refractivity contribution is -0.132. The van der Waals surface area contributed by atoms with Gasteiger partial charge in [0.05, 0.1) is 6.57 Å². The number of hydrogen-bond acceptors (Lipinski definition) is 1. The molecular formula is C7H9NO2. The molecule has 0 fully saturated rings. The Bertz CT molecular complexity index is 198. The summed E-state index contributed by atoms with van der Waals surface area (Å²) in [5.41, 5.74) is -0.199. The first kappa shape index (κ1) is 8.70. The van der Waals surface area contributed by atoms with Crippen LogP contribution < -0.4 is 0 Å². The lowest BCUT2D eigenvalue weighted by Gasteiger charge is -1.93. The Labute approximate surface area is 59.8 Å². The summed E-state index contributed by atoms with van der Waals surface area (Å²) in [5.74, 6) is -1.04. The lowest BCUT2D eigenvalue weighted by atomic mass is 10.2. The van der Waals surface area contributed by atoms with Crippen LogP contribution in [0.4, 0.5) is 0 Å². The number of aliphatic carboxylic acids is 1. The fourth-order valence-corrected chi connectivity index (χ4v) is 0.472. The third kappa shape index (κ3) is 2.88. The van der Waals surface area contributed by atoms with E-state index in [-0.39, 0.29) is 11.6 Å². The second-order valence-electron chi connectivity index (χ2n) is 2.21. The van der Waals surface area contributed by atoms with Gasteiger partial charge < -0.3 is 5.11 Å². The molecule has 0 spiro atoms. The van der Waals surface area contributed by atoms with Crippen LogP contribution in [0, 0.1) is 12.5 Å². The van der Waals surface area contributed by atoms with Crippen LogP contribution in [0.3, 0.4) is 0 Å². The van der Waals surface area contributed by atoms with Crippen molar-refractivity contribution in [2.75, 3.05) is 0 Å². The predicted molar refractivity (Wildman–Crippen MR) is 37.2 cm³/mol. The van der Waals surface area contributed by atoms with E-state index in [1.807, 2.05) is 13.8 Å². The van der Waals surface area contributed by atoms with E-state index in [1.165, 1.54) is 6.08 Å². The molecule has 0 amide bonds. The van der Waals surface area contributed by atoms with Crippen LogP contribution in [0.2, 0.25) is 0 Å². The highest BCUT2D eigenvalue weighted by Gasteiger charge is 2.05. The highest BCUT2D eigenvalue weighted by atomic mass is 16.4. The summed E-state index contributed by atoms with van der Waals surface area (Å²) in [4.78, 5) is 13.0. The average Bonchev–Trinajstić information content (AvgIpc) is 1.81. The van der Waals surface area contributed by atoms with Crippen LogP contribution in [0.1, 0.15) is 13.8 Å². The number of carboxylic acid groups (broad SMARTS) is 1. The van der Waals surface area contributed by atoms with Gasteiger partial charge in [-0.05, 0) is 5.92 Å². The molecule has 0 rings (SSSR count). The Hall–Kier alpha value is -1.30. The zero-order valence-electron chi connectivity index (χ0n) is 5.96. The molecule has 3 heteroatoms. The Balaban J connectivity index is 4.39. The normalized spacial score (nSPS) is 11.2. The number of rotatable bonds is 2. The Morgan fingerprint density at radius 1 is 1.70 bits per heavy atom. The monoisotopic (exact) mass is 139 g/mol. The molecule has 0 atom stereocenters. The quantitative estimate of drug-likeness (QED) is 0.465. The molecule has 0 saturated heterocycles. The van der Waals surface area contributed by atoms with Gasteiger partial charge in [0, 0.05) is 0 Å². The van der Waals surface area contributed by atoms with E-state index in [4.69, 9.17) is 11.7 Å². The summed E-state index contributed by atoms with van der Waals surface area (Å²) in [6.07, 6.45) is 1.43. The SMILES string of the molecule is [C-]#[N+]/C(=C\C(C)C)C(=O)O. The van der Waals surface area contributed by atoms with Gasteiger partial charge >= 0.3 is 5.97 Å². The van der Waals surface area contributed by atoms with E-state index in [0.717, 1.165) is 0 Å². The summed E-state index contributed by atoms with van der Waals surface area (Å²) in [6, 6.07) is 0. The fraction of sp³-hybridized carbons (Fsp3) is 0.429. The molecule has 0 aromatic rings. The average molecular weight is 139 g/mol. The largest absolute Gasteiger partial charge is 0.486 e. The minimum Gasteiger partial charge on any atom is -0.486 e. The minimum absolute atomic E-state index is 0.111. The van der Waals surface area contributed by atoms with Gasteiger partial charge in [0.2, 0.25) is 0 Å².